The van der Waals surface area contributed by atoms with Crippen molar-refractivity contribution in [2.24, 2.45) is 0 Å². The van der Waals surface area contributed by atoms with E-state index >= 15 is 0 Å². The van der Waals surface area contributed by atoms with Crippen LogP contribution in [0.4, 0.5) is 5.88 Å². The Morgan fingerprint density at radius 2 is 2.07 bits per heavy atom. The van der Waals surface area contributed by atoms with Gasteiger partial charge in [-0.2, -0.15) is 0 Å². The number of rotatable bonds is 3. The van der Waals surface area contributed by atoms with Crippen molar-refractivity contribution in [3.8, 4) is 0 Å². The van der Waals surface area contributed by atoms with E-state index in [0.717, 1.165) is 5.76 Å². The summed E-state index contributed by atoms with van der Waals surface area (Å²) in [6.07, 6.45) is 0. The number of furan rings is 1. The first kappa shape index (κ1) is 11.6. The third-order valence-electron chi connectivity index (χ3n) is 2.58. The number of hydrogen-bond acceptors (Lipinski definition) is 4. The van der Waals surface area contributed by atoms with E-state index < -0.39 is 5.54 Å². The summed E-state index contributed by atoms with van der Waals surface area (Å²) in [5, 5.41) is 0. The number of ether oxygens (including phenoxy) is 1. The molecule has 0 saturated heterocycles. The molecule has 0 saturated carbocycles. The summed E-state index contributed by atoms with van der Waals surface area (Å²) in [4.78, 5) is 13.3. The molecule has 4 heteroatoms. The third kappa shape index (κ3) is 2.14. The highest BCUT2D eigenvalue weighted by Crippen LogP contribution is 2.25. The van der Waals surface area contributed by atoms with E-state index in [-0.39, 0.29) is 5.97 Å². The Bertz CT molecular complexity index is 354. The van der Waals surface area contributed by atoms with E-state index in [1.165, 1.54) is 7.11 Å². The minimum atomic E-state index is -0.737. The van der Waals surface area contributed by atoms with Crippen LogP contribution >= 0.6 is 0 Å². The number of aryl methyl sites for hydroxylation is 1. The number of esters is 1. The van der Waals surface area contributed by atoms with Gasteiger partial charge in [0.25, 0.3) is 0 Å². The average molecular weight is 211 g/mol. The zero-order chi connectivity index (χ0) is 11.6. The number of methoxy groups -OCH3 is 1. The SMILES string of the molecule is COC(=O)C(C)(C)N(C)c1ccc(C)o1. The van der Waals surface area contributed by atoms with Crippen molar-refractivity contribution in [3.63, 3.8) is 0 Å². The van der Waals surface area contributed by atoms with Gasteiger partial charge >= 0.3 is 5.97 Å². The number of nitrogens with zero attached hydrogens (tertiary/aromatic N) is 1. The number of carbonyl (C=O) groups is 1. The van der Waals surface area contributed by atoms with Crippen LogP contribution in [-0.2, 0) is 9.53 Å². The second-order valence-electron chi connectivity index (χ2n) is 3.99. The number of anilines is 1. The van der Waals surface area contributed by atoms with E-state index in [0.29, 0.717) is 5.88 Å². The summed E-state index contributed by atoms with van der Waals surface area (Å²) >= 11 is 0. The molecule has 4 nitrogen and oxygen atoms in total. The van der Waals surface area contributed by atoms with Gasteiger partial charge in [0, 0.05) is 13.1 Å². The molecule has 84 valence electrons. The predicted octanol–water partition coefficient (Wildman–Crippen LogP) is 1.98. The standard InChI is InChI=1S/C11H17NO3/c1-8-6-7-9(15-8)12(4)11(2,3)10(13)14-5/h6-7H,1-5H3. The fourth-order valence-electron chi connectivity index (χ4n) is 1.26. The van der Waals surface area contributed by atoms with Crippen molar-refractivity contribution < 1.29 is 13.9 Å². The van der Waals surface area contributed by atoms with E-state index in [1.807, 2.05) is 19.1 Å². The fourth-order valence-corrected chi connectivity index (χ4v) is 1.26. The summed E-state index contributed by atoms with van der Waals surface area (Å²) in [5.41, 5.74) is -0.737. The normalized spacial score (nSPS) is 11.3. The highest BCUT2D eigenvalue weighted by molar-refractivity contribution is 5.83. The van der Waals surface area contributed by atoms with Gasteiger partial charge in [-0.15, -0.1) is 0 Å². The Balaban J connectivity index is 2.93. The van der Waals surface area contributed by atoms with Gasteiger partial charge < -0.3 is 14.1 Å². The summed E-state index contributed by atoms with van der Waals surface area (Å²) in [7, 11) is 3.18. The minimum Gasteiger partial charge on any atom is -0.467 e. The van der Waals surface area contributed by atoms with E-state index in [1.54, 1.807) is 25.8 Å². The van der Waals surface area contributed by atoms with Gasteiger partial charge in [-0.1, -0.05) is 0 Å². The van der Waals surface area contributed by atoms with Gasteiger partial charge in [0.05, 0.1) is 7.11 Å². The highest BCUT2D eigenvalue weighted by Gasteiger charge is 2.34. The van der Waals surface area contributed by atoms with E-state index in [9.17, 15) is 4.79 Å². The van der Waals surface area contributed by atoms with Crippen LogP contribution in [0.15, 0.2) is 16.5 Å². The molecule has 0 bridgehead atoms. The first-order valence-corrected chi connectivity index (χ1v) is 4.78. The lowest BCUT2D eigenvalue weighted by Crippen LogP contribution is -2.48. The fraction of sp³-hybridized carbons (Fsp3) is 0.545. The van der Waals surface area contributed by atoms with Gasteiger partial charge in [-0.3, -0.25) is 0 Å². The number of carbonyl (C=O) groups excluding carboxylic acids is 1. The maximum Gasteiger partial charge on any atom is 0.331 e. The lowest BCUT2D eigenvalue weighted by Gasteiger charge is -2.32. The van der Waals surface area contributed by atoms with Gasteiger partial charge in [-0.25, -0.2) is 4.79 Å². The Morgan fingerprint density at radius 3 is 2.47 bits per heavy atom. The zero-order valence-electron chi connectivity index (χ0n) is 9.83. The topological polar surface area (TPSA) is 42.7 Å². The summed E-state index contributed by atoms with van der Waals surface area (Å²) in [5.74, 6) is 1.18. The molecule has 1 rings (SSSR count). The third-order valence-corrected chi connectivity index (χ3v) is 2.58. The molecule has 15 heavy (non-hydrogen) atoms. The van der Waals surface area contributed by atoms with Gasteiger partial charge in [-0.05, 0) is 26.8 Å². The maximum absolute atomic E-state index is 11.5. The summed E-state index contributed by atoms with van der Waals surface area (Å²) in [6.45, 7) is 5.44. The monoisotopic (exact) mass is 211 g/mol. The van der Waals surface area contributed by atoms with Crippen molar-refractivity contribution in [1.82, 2.24) is 0 Å². The second-order valence-corrected chi connectivity index (χ2v) is 3.99. The minimum absolute atomic E-state index is 0.293. The average Bonchev–Trinajstić information content (AvgIpc) is 2.62. The first-order chi connectivity index (χ1) is 6.89. The first-order valence-electron chi connectivity index (χ1n) is 4.78. The maximum atomic E-state index is 11.5. The molecule has 0 aromatic carbocycles. The zero-order valence-corrected chi connectivity index (χ0v) is 9.83. The number of hydrogen-bond donors (Lipinski definition) is 0. The Kier molecular flexibility index (Phi) is 3.07. The van der Waals surface area contributed by atoms with Crippen molar-refractivity contribution in [2.45, 2.75) is 26.3 Å². The van der Waals surface area contributed by atoms with Crippen LogP contribution in [0.1, 0.15) is 19.6 Å². The number of likely N-dealkylation sites (N-methyl/N-ethyl adjacent to an activating group) is 1. The Morgan fingerprint density at radius 1 is 1.47 bits per heavy atom. The smallest absolute Gasteiger partial charge is 0.331 e. The van der Waals surface area contributed by atoms with Crippen LogP contribution in [0.25, 0.3) is 0 Å². The Hall–Kier alpha value is -1.45. The van der Waals surface area contributed by atoms with Crippen molar-refractivity contribution in [1.29, 1.82) is 0 Å². The van der Waals surface area contributed by atoms with Crippen LogP contribution in [0, 0.1) is 6.92 Å². The van der Waals surface area contributed by atoms with Crippen molar-refractivity contribution >= 4 is 11.9 Å². The van der Waals surface area contributed by atoms with Crippen molar-refractivity contribution in [2.75, 3.05) is 19.1 Å². The predicted molar refractivity (Wildman–Crippen MR) is 57.9 cm³/mol. The van der Waals surface area contributed by atoms with E-state index in [2.05, 4.69) is 0 Å². The van der Waals surface area contributed by atoms with Gasteiger partial charge in [0.2, 0.25) is 0 Å². The molecule has 0 fully saturated rings. The molecule has 0 spiro atoms. The van der Waals surface area contributed by atoms with Gasteiger partial charge in [0.15, 0.2) is 5.88 Å². The summed E-state index contributed by atoms with van der Waals surface area (Å²) in [6, 6.07) is 3.69. The van der Waals surface area contributed by atoms with Crippen LogP contribution < -0.4 is 4.90 Å². The molecule has 1 aromatic rings. The molecule has 0 amide bonds. The summed E-state index contributed by atoms with van der Waals surface area (Å²) < 4.78 is 10.2. The molecular formula is C11H17NO3. The van der Waals surface area contributed by atoms with Crippen LogP contribution in [-0.4, -0.2) is 25.7 Å². The molecule has 0 unspecified atom stereocenters. The largest absolute Gasteiger partial charge is 0.467 e. The molecule has 1 aromatic heterocycles. The van der Waals surface area contributed by atoms with Gasteiger partial charge in [0.1, 0.15) is 11.3 Å². The lowest BCUT2D eigenvalue weighted by atomic mass is 10.0. The van der Waals surface area contributed by atoms with Crippen LogP contribution in [0.5, 0.6) is 0 Å². The molecular weight excluding hydrogens is 194 g/mol. The molecule has 0 radical (unpaired) electrons. The van der Waals surface area contributed by atoms with Crippen molar-refractivity contribution in [3.05, 3.63) is 17.9 Å². The van der Waals surface area contributed by atoms with E-state index in [4.69, 9.17) is 9.15 Å². The van der Waals surface area contributed by atoms with Crippen LogP contribution in [0.3, 0.4) is 0 Å². The second kappa shape index (κ2) is 3.96. The lowest BCUT2D eigenvalue weighted by molar-refractivity contribution is -0.145. The molecule has 0 atom stereocenters. The highest BCUT2D eigenvalue weighted by atomic mass is 16.5. The molecule has 0 aliphatic rings. The van der Waals surface area contributed by atoms with Crippen LogP contribution in [0.2, 0.25) is 0 Å². The molecule has 0 aliphatic carbocycles. The Labute approximate surface area is 89.8 Å². The molecule has 0 N–H and O–H groups in total. The molecule has 1 heterocycles. The quantitative estimate of drug-likeness (QED) is 0.717. The molecule has 0 aliphatic heterocycles.